The molecular formula is C28H26F3N5O3. The van der Waals surface area contributed by atoms with Crippen molar-refractivity contribution < 1.29 is 27.5 Å². The van der Waals surface area contributed by atoms with Crippen LogP contribution in [0.3, 0.4) is 0 Å². The van der Waals surface area contributed by atoms with Crippen molar-refractivity contribution in [1.29, 1.82) is 0 Å². The number of aryl methyl sites for hydroxylation is 1. The number of carbonyl (C=O) groups is 2. The molecule has 4 rings (SSSR count). The summed E-state index contributed by atoms with van der Waals surface area (Å²) in [7, 11) is 0. The lowest BCUT2D eigenvalue weighted by molar-refractivity contribution is -0.137. The van der Waals surface area contributed by atoms with E-state index < -0.39 is 29.2 Å². The van der Waals surface area contributed by atoms with Gasteiger partial charge in [-0.3, -0.25) is 14.6 Å². The van der Waals surface area contributed by atoms with Gasteiger partial charge in [0.2, 0.25) is 5.91 Å². The second-order valence-electron chi connectivity index (χ2n) is 9.48. The summed E-state index contributed by atoms with van der Waals surface area (Å²) in [5, 5.41) is 7.17. The van der Waals surface area contributed by atoms with Gasteiger partial charge in [-0.1, -0.05) is 24.3 Å². The summed E-state index contributed by atoms with van der Waals surface area (Å²) in [4.78, 5) is 28.4. The number of ether oxygens (including phenoxy) is 1. The predicted octanol–water partition coefficient (Wildman–Crippen LogP) is 5.09. The van der Waals surface area contributed by atoms with Crippen LogP contribution in [0.2, 0.25) is 0 Å². The van der Waals surface area contributed by atoms with E-state index in [1.54, 1.807) is 61.4 Å². The van der Waals surface area contributed by atoms with Crippen molar-refractivity contribution in [2.24, 2.45) is 5.73 Å². The first-order valence-electron chi connectivity index (χ1n) is 11.9. The molecule has 0 aliphatic heterocycles. The number of nitrogens with two attached hydrogens (primary N) is 1. The zero-order valence-corrected chi connectivity index (χ0v) is 21.4. The summed E-state index contributed by atoms with van der Waals surface area (Å²) in [6.07, 6.45) is 1.83. The van der Waals surface area contributed by atoms with E-state index in [-0.39, 0.29) is 12.0 Å². The Bertz CT molecular complexity index is 1530. The lowest BCUT2D eigenvalue weighted by atomic mass is 10.1. The summed E-state index contributed by atoms with van der Waals surface area (Å²) in [6.45, 7) is 5.01. The van der Waals surface area contributed by atoms with E-state index in [0.717, 1.165) is 23.3 Å². The van der Waals surface area contributed by atoms with E-state index >= 15 is 0 Å². The van der Waals surface area contributed by atoms with Gasteiger partial charge in [0, 0.05) is 29.2 Å². The van der Waals surface area contributed by atoms with Crippen LogP contribution in [0.15, 0.2) is 73.3 Å². The first-order valence-corrected chi connectivity index (χ1v) is 11.9. The molecule has 39 heavy (non-hydrogen) atoms. The third-order valence-electron chi connectivity index (χ3n) is 5.95. The average Bonchev–Trinajstić information content (AvgIpc) is 3.35. The minimum absolute atomic E-state index is 0.211. The number of rotatable bonds is 8. The van der Waals surface area contributed by atoms with Crippen LogP contribution < -0.4 is 15.8 Å². The van der Waals surface area contributed by atoms with Crippen molar-refractivity contribution in [3.8, 4) is 22.6 Å². The Morgan fingerprint density at radius 3 is 2.51 bits per heavy atom. The van der Waals surface area contributed by atoms with Crippen LogP contribution in [0.25, 0.3) is 16.8 Å². The maximum atomic E-state index is 13.0. The number of nitrogens with one attached hydrogen (secondary N) is 1. The zero-order valence-electron chi connectivity index (χ0n) is 21.4. The molecule has 2 heterocycles. The summed E-state index contributed by atoms with van der Waals surface area (Å²) < 4.78 is 46.3. The number of hydrogen-bond acceptors (Lipinski definition) is 5. The number of nitrogens with zero attached hydrogens (tertiary/aromatic N) is 3. The van der Waals surface area contributed by atoms with Gasteiger partial charge in [0.1, 0.15) is 5.75 Å². The molecule has 0 aliphatic rings. The Hall–Kier alpha value is -4.67. The second kappa shape index (κ2) is 10.6. The monoisotopic (exact) mass is 537 g/mol. The number of hydrogen-bond donors (Lipinski definition) is 2. The fraction of sp³-hybridized carbons (Fsp3) is 0.214. The molecule has 0 spiro atoms. The Balaban J connectivity index is 1.51. The van der Waals surface area contributed by atoms with Gasteiger partial charge in [0.15, 0.2) is 5.60 Å². The molecule has 0 saturated heterocycles. The normalized spacial score (nSPS) is 11.7. The lowest BCUT2D eigenvalue weighted by Crippen LogP contribution is -2.43. The third kappa shape index (κ3) is 6.61. The van der Waals surface area contributed by atoms with Gasteiger partial charge < -0.3 is 15.8 Å². The number of pyridine rings is 1. The van der Waals surface area contributed by atoms with Crippen LogP contribution in [0, 0.1) is 6.92 Å². The van der Waals surface area contributed by atoms with Crippen molar-refractivity contribution in [3.05, 3.63) is 90.0 Å². The SMILES string of the molecule is Cc1ccc(NC(=O)Cc2cccc(C(F)(F)F)c2)cc1-n1cc(-c2cncc(OC(C)(C)C(N)=O)c2)cn1. The molecule has 0 radical (unpaired) electrons. The van der Waals surface area contributed by atoms with E-state index in [1.165, 1.54) is 18.3 Å². The molecule has 8 nitrogen and oxygen atoms in total. The fourth-order valence-electron chi connectivity index (χ4n) is 3.76. The maximum absolute atomic E-state index is 13.0. The van der Waals surface area contributed by atoms with E-state index in [1.807, 2.05) is 6.92 Å². The largest absolute Gasteiger partial charge is 0.476 e. The molecule has 2 aromatic carbocycles. The molecule has 0 bridgehead atoms. The van der Waals surface area contributed by atoms with Crippen molar-refractivity contribution in [3.63, 3.8) is 0 Å². The highest BCUT2D eigenvalue weighted by atomic mass is 19.4. The van der Waals surface area contributed by atoms with Gasteiger partial charge in [0.05, 0.1) is 30.1 Å². The van der Waals surface area contributed by atoms with Crippen LogP contribution in [0.5, 0.6) is 5.75 Å². The minimum atomic E-state index is -4.48. The van der Waals surface area contributed by atoms with E-state index in [4.69, 9.17) is 10.5 Å². The number of benzene rings is 2. The number of carbonyl (C=O) groups excluding carboxylic acids is 2. The molecule has 11 heteroatoms. The number of anilines is 1. The van der Waals surface area contributed by atoms with Crippen molar-refractivity contribution in [1.82, 2.24) is 14.8 Å². The molecule has 0 atom stereocenters. The molecule has 3 N–H and O–H groups in total. The summed E-state index contributed by atoms with van der Waals surface area (Å²) in [5.41, 5.74) is 7.08. The number of alkyl halides is 3. The first-order chi connectivity index (χ1) is 18.3. The van der Waals surface area contributed by atoms with Gasteiger partial charge >= 0.3 is 6.18 Å². The Morgan fingerprint density at radius 2 is 1.79 bits per heavy atom. The van der Waals surface area contributed by atoms with Gasteiger partial charge in [-0.15, -0.1) is 0 Å². The number of amides is 2. The first kappa shape index (κ1) is 27.4. The highest BCUT2D eigenvalue weighted by molar-refractivity contribution is 5.92. The molecule has 0 fully saturated rings. The molecular weight excluding hydrogens is 511 g/mol. The Kier molecular flexibility index (Phi) is 7.44. The molecule has 2 amide bonds. The van der Waals surface area contributed by atoms with Gasteiger partial charge in [-0.05, 0) is 56.2 Å². The standard InChI is InChI=1S/C28H26F3N5O3/c1-17-7-8-22(35-25(37)10-18-5-4-6-21(9-18)28(29,30)31)12-24(17)36-16-20(14-34-36)19-11-23(15-33-13-19)39-27(2,3)26(32)38/h4-9,11-16H,10H2,1-3H3,(H2,32,38)(H,35,37). The number of aromatic nitrogens is 3. The quantitative estimate of drug-likeness (QED) is 0.325. The zero-order chi connectivity index (χ0) is 28.4. The molecule has 0 saturated carbocycles. The summed E-state index contributed by atoms with van der Waals surface area (Å²) in [5.74, 6) is -0.698. The van der Waals surface area contributed by atoms with Crippen LogP contribution in [-0.2, 0) is 22.2 Å². The Morgan fingerprint density at radius 1 is 1.03 bits per heavy atom. The van der Waals surface area contributed by atoms with Crippen molar-refractivity contribution >= 4 is 17.5 Å². The summed E-state index contributed by atoms with van der Waals surface area (Å²) in [6, 6.07) is 11.6. The maximum Gasteiger partial charge on any atom is 0.416 e. The topological polar surface area (TPSA) is 112 Å². The van der Waals surface area contributed by atoms with Crippen LogP contribution in [-0.4, -0.2) is 32.2 Å². The highest BCUT2D eigenvalue weighted by Gasteiger charge is 2.30. The van der Waals surface area contributed by atoms with Gasteiger partial charge in [0.25, 0.3) is 5.91 Å². The van der Waals surface area contributed by atoms with Gasteiger partial charge in [-0.25, -0.2) is 4.68 Å². The number of halogens is 3. The van der Waals surface area contributed by atoms with Crippen LogP contribution in [0.4, 0.5) is 18.9 Å². The molecule has 4 aromatic rings. The highest BCUT2D eigenvalue weighted by Crippen LogP contribution is 2.30. The third-order valence-corrected chi connectivity index (χ3v) is 5.95. The molecule has 202 valence electrons. The Labute approximate surface area is 222 Å². The van der Waals surface area contributed by atoms with E-state index in [9.17, 15) is 22.8 Å². The minimum Gasteiger partial charge on any atom is -0.476 e. The lowest BCUT2D eigenvalue weighted by Gasteiger charge is -2.22. The number of primary amides is 1. The second-order valence-corrected chi connectivity index (χ2v) is 9.48. The molecule has 0 aliphatic carbocycles. The molecule has 0 unspecified atom stereocenters. The molecule has 2 aromatic heterocycles. The fourth-order valence-corrected chi connectivity index (χ4v) is 3.76. The van der Waals surface area contributed by atoms with Crippen LogP contribution >= 0.6 is 0 Å². The summed E-state index contributed by atoms with van der Waals surface area (Å²) >= 11 is 0. The van der Waals surface area contributed by atoms with Crippen molar-refractivity contribution in [2.75, 3.05) is 5.32 Å². The van der Waals surface area contributed by atoms with E-state index in [0.29, 0.717) is 22.7 Å². The predicted molar refractivity (Wildman–Crippen MR) is 139 cm³/mol. The van der Waals surface area contributed by atoms with E-state index in [2.05, 4.69) is 15.4 Å². The average molecular weight is 538 g/mol. The van der Waals surface area contributed by atoms with Gasteiger partial charge in [-0.2, -0.15) is 18.3 Å². The smallest absolute Gasteiger partial charge is 0.416 e. The van der Waals surface area contributed by atoms with Crippen LogP contribution in [0.1, 0.15) is 30.5 Å². The van der Waals surface area contributed by atoms with Crippen molar-refractivity contribution in [2.45, 2.75) is 39.0 Å².